The van der Waals surface area contributed by atoms with E-state index in [-0.39, 0.29) is 18.8 Å². The van der Waals surface area contributed by atoms with E-state index < -0.39 is 11.9 Å². The number of nitrogens with two attached hydrogens (primary N) is 1. The Balaban J connectivity index is 2.64. The number of halogens is 3. The van der Waals surface area contributed by atoms with E-state index in [1.165, 1.54) is 6.20 Å². The predicted octanol–water partition coefficient (Wildman–Crippen LogP) is 1.23. The molecule has 0 atom stereocenters. The van der Waals surface area contributed by atoms with E-state index in [2.05, 4.69) is 5.10 Å². The van der Waals surface area contributed by atoms with Gasteiger partial charge in [0.1, 0.15) is 0 Å². The molecule has 0 radical (unpaired) electrons. The Morgan fingerprint density at radius 2 is 2.21 bits per heavy atom. The van der Waals surface area contributed by atoms with E-state index in [4.69, 9.17) is 11.1 Å². The molecule has 78 valence electrons. The van der Waals surface area contributed by atoms with Crippen LogP contribution in [0.1, 0.15) is 12.1 Å². The van der Waals surface area contributed by atoms with Crippen molar-refractivity contribution >= 4 is 5.84 Å². The summed E-state index contributed by atoms with van der Waals surface area (Å²) in [7, 11) is 0. The highest BCUT2D eigenvalue weighted by Crippen LogP contribution is 2.27. The van der Waals surface area contributed by atoms with Gasteiger partial charge in [-0.25, -0.2) is 0 Å². The zero-order valence-corrected chi connectivity index (χ0v) is 7.17. The molecule has 0 bridgehead atoms. The first-order chi connectivity index (χ1) is 6.39. The fourth-order valence-corrected chi connectivity index (χ4v) is 0.872. The molecular formula is C7H9F3N4. The van der Waals surface area contributed by atoms with Crippen molar-refractivity contribution in [3.8, 4) is 0 Å². The van der Waals surface area contributed by atoms with E-state index in [1.807, 2.05) is 0 Å². The van der Waals surface area contributed by atoms with Crippen molar-refractivity contribution in [3.05, 3.63) is 18.0 Å². The van der Waals surface area contributed by atoms with Crippen LogP contribution in [-0.4, -0.2) is 15.6 Å². The number of nitrogens with zero attached hydrogens (tertiary/aromatic N) is 2. The second-order valence-electron chi connectivity index (χ2n) is 2.74. The average molecular weight is 206 g/mol. The van der Waals surface area contributed by atoms with Gasteiger partial charge in [0.05, 0.1) is 5.84 Å². The predicted molar refractivity (Wildman–Crippen MR) is 43.8 cm³/mol. The monoisotopic (exact) mass is 206 g/mol. The summed E-state index contributed by atoms with van der Waals surface area (Å²) in [6.45, 7) is 0.186. The molecule has 1 aromatic rings. The minimum atomic E-state index is -4.42. The second kappa shape index (κ2) is 3.69. The Bertz CT molecular complexity index is 328. The standard InChI is InChI=1S/C7H9F3N4/c8-7(9,10)5-1-3-14(13-5)4-2-6(11)12/h1,3H,2,4H2,(H3,11,12). The van der Waals surface area contributed by atoms with Gasteiger partial charge in [0.25, 0.3) is 0 Å². The van der Waals surface area contributed by atoms with Crippen LogP contribution in [0.4, 0.5) is 13.2 Å². The highest BCUT2D eigenvalue weighted by molar-refractivity contribution is 5.76. The zero-order valence-electron chi connectivity index (χ0n) is 7.17. The highest BCUT2D eigenvalue weighted by Gasteiger charge is 2.33. The maximum Gasteiger partial charge on any atom is 0.435 e. The summed E-state index contributed by atoms with van der Waals surface area (Å²) in [5.74, 6) is -0.0749. The van der Waals surface area contributed by atoms with Crippen LogP contribution in [0.2, 0.25) is 0 Å². The van der Waals surface area contributed by atoms with E-state index in [0.29, 0.717) is 0 Å². The molecule has 0 saturated heterocycles. The van der Waals surface area contributed by atoms with Crippen molar-refractivity contribution in [1.29, 1.82) is 5.41 Å². The number of alkyl halides is 3. The SMILES string of the molecule is N=C(N)CCn1ccc(C(F)(F)F)n1. The number of amidine groups is 1. The van der Waals surface area contributed by atoms with E-state index in [0.717, 1.165) is 10.7 Å². The van der Waals surface area contributed by atoms with Gasteiger partial charge in [-0.1, -0.05) is 0 Å². The topological polar surface area (TPSA) is 67.7 Å². The third kappa shape index (κ3) is 2.75. The molecule has 0 saturated carbocycles. The Morgan fingerprint density at radius 1 is 1.57 bits per heavy atom. The Hall–Kier alpha value is -1.53. The van der Waals surface area contributed by atoms with Crippen LogP contribution in [0.5, 0.6) is 0 Å². The van der Waals surface area contributed by atoms with Crippen molar-refractivity contribution in [2.45, 2.75) is 19.1 Å². The Labute approximate surface area is 78.0 Å². The Kier molecular flexibility index (Phi) is 2.78. The molecule has 0 aliphatic heterocycles. The van der Waals surface area contributed by atoms with Crippen molar-refractivity contribution in [3.63, 3.8) is 0 Å². The summed E-state index contributed by atoms with van der Waals surface area (Å²) in [4.78, 5) is 0. The third-order valence-corrected chi connectivity index (χ3v) is 1.54. The van der Waals surface area contributed by atoms with Crippen LogP contribution in [0.15, 0.2) is 12.3 Å². The fourth-order valence-electron chi connectivity index (χ4n) is 0.872. The number of hydrogen-bond donors (Lipinski definition) is 2. The molecule has 1 heterocycles. The van der Waals surface area contributed by atoms with E-state index in [1.54, 1.807) is 0 Å². The summed E-state index contributed by atoms with van der Waals surface area (Å²) >= 11 is 0. The zero-order chi connectivity index (χ0) is 10.8. The van der Waals surface area contributed by atoms with E-state index >= 15 is 0 Å². The molecule has 0 unspecified atom stereocenters. The molecule has 7 heteroatoms. The van der Waals surface area contributed by atoms with Gasteiger partial charge in [-0.2, -0.15) is 18.3 Å². The van der Waals surface area contributed by atoms with Crippen molar-refractivity contribution in [2.75, 3.05) is 0 Å². The molecule has 0 aromatic carbocycles. The van der Waals surface area contributed by atoms with Crippen molar-refractivity contribution in [1.82, 2.24) is 9.78 Å². The fraction of sp³-hybridized carbons (Fsp3) is 0.429. The van der Waals surface area contributed by atoms with Crippen LogP contribution in [-0.2, 0) is 12.7 Å². The number of nitrogens with one attached hydrogen (secondary N) is 1. The molecule has 14 heavy (non-hydrogen) atoms. The maximum atomic E-state index is 12.1. The lowest BCUT2D eigenvalue weighted by molar-refractivity contribution is -0.141. The molecule has 0 fully saturated rings. The van der Waals surface area contributed by atoms with Gasteiger partial charge >= 0.3 is 6.18 Å². The third-order valence-electron chi connectivity index (χ3n) is 1.54. The number of hydrogen-bond acceptors (Lipinski definition) is 2. The lowest BCUT2D eigenvalue weighted by Crippen LogP contribution is -2.14. The van der Waals surface area contributed by atoms with Gasteiger partial charge in [0, 0.05) is 19.2 Å². The van der Waals surface area contributed by atoms with Crippen LogP contribution >= 0.6 is 0 Å². The Morgan fingerprint density at radius 3 is 2.64 bits per heavy atom. The van der Waals surface area contributed by atoms with Gasteiger partial charge in [-0.15, -0.1) is 0 Å². The highest BCUT2D eigenvalue weighted by atomic mass is 19.4. The number of aryl methyl sites for hydroxylation is 1. The number of aromatic nitrogens is 2. The largest absolute Gasteiger partial charge is 0.435 e. The maximum absolute atomic E-state index is 12.1. The van der Waals surface area contributed by atoms with Gasteiger partial charge in [-0.05, 0) is 6.07 Å². The summed E-state index contributed by atoms with van der Waals surface area (Å²) in [5, 5.41) is 10.2. The molecule has 4 nitrogen and oxygen atoms in total. The van der Waals surface area contributed by atoms with Crippen LogP contribution in [0.25, 0.3) is 0 Å². The normalized spacial score (nSPS) is 11.6. The van der Waals surface area contributed by atoms with Crippen molar-refractivity contribution < 1.29 is 13.2 Å². The summed E-state index contributed by atoms with van der Waals surface area (Å²) in [6.07, 6.45) is -3.01. The summed E-state index contributed by atoms with van der Waals surface area (Å²) < 4.78 is 37.3. The van der Waals surface area contributed by atoms with Gasteiger partial charge < -0.3 is 5.73 Å². The smallest absolute Gasteiger partial charge is 0.388 e. The summed E-state index contributed by atoms with van der Waals surface area (Å²) in [5.41, 5.74) is 4.12. The van der Waals surface area contributed by atoms with Gasteiger partial charge in [-0.3, -0.25) is 10.1 Å². The average Bonchev–Trinajstić information content (AvgIpc) is 2.47. The van der Waals surface area contributed by atoms with Crippen LogP contribution in [0, 0.1) is 5.41 Å². The molecule has 0 spiro atoms. The molecule has 0 aliphatic rings. The lowest BCUT2D eigenvalue weighted by atomic mass is 10.4. The first kappa shape index (κ1) is 10.6. The van der Waals surface area contributed by atoms with Crippen molar-refractivity contribution in [2.24, 2.45) is 5.73 Å². The summed E-state index contributed by atoms with van der Waals surface area (Å²) in [6, 6.07) is 0.889. The molecule has 1 rings (SSSR count). The molecular weight excluding hydrogens is 197 g/mol. The lowest BCUT2D eigenvalue weighted by Gasteiger charge is -2.01. The van der Waals surface area contributed by atoms with Gasteiger partial charge in [0.2, 0.25) is 0 Å². The quantitative estimate of drug-likeness (QED) is 0.576. The molecule has 3 N–H and O–H groups in total. The van der Waals surface area contributed by atoms with Crippen LogP contribution in [0.3, 0.4) is 0 Å². The first-order valence-electron chi connectivity index (χ1n) is 3.83. The number of rotatable bonds is 3. The minimum Gasteiger partial charge on any atom is -0.388 e. The minimum absolute atomic E-state index is 0.0749. The van der Waals surface area contributed by atoms with Crippen LogP contribution < -0.4 is 5.73 Å². The molecule has 0 aliphatic carbocycles. The second-order valence-corrected chi connectivity index (χ2v) is 2.74. The van der Waals surface area contributed by atoms with Gasteiger partial charge in [0.15, 0.2) is 5.69 Å². The van der Waals surface area contributed by atoms with E-state index in [9.17, 15) is 13.2 Å². The molecule has 0 amide bonds. The molecule has 1 aromatic heterocycles. The first-order valence-corrected chi connectivity index (χ1v) is 3.83.